The van der Waals surface area contributed by atoms with Crippen molar-refractivity contribution in [1.29, 1.82) is 0 Å². The zero-order valence-corrected chi connectivity index (χ0v) is 19.0. The van der Waals surface area contributed by atoms with Gasteiger partial charge >= 0.3 is 0 Å². The van der Waals surface area contributed by atoms with Crippen molar-refractivity contribution in [3.05, 3.63) is 26.6 Å². The number of H-pyrrole nitrogens is 1. The minimum absolute atomic E-state index is 0.0469. The Balaban J connectivity index is 1.50. The third-order valence-corrected chi connectivity index (χ3v) is 7.65. The van der Waals surface area contributed by atoms with E-state index in [0.717, 1.165) is 59.8 Å². The maximum absolute atomic E-state index is 12.7. The number of aromatic amines is 1. The van der Waals surface area contributed by atoms with Gasteiger partial charge in [0.05, 0.1) is 31.2 Å². The van der Waals surface area contributed by atoms with Gasteiger partial charge in [-0.1, -0.05) is 19.3 Å². The second-order valence-electron chi connectivity index (χ2n) is 8.76. The highest BCUT2D eigenvalue weighted by molar-refractivity contribution is 7.18. The number of hydrogen-bond donors (Lipinski definition) is 2. The molecule has 1 atom stereocenters. The standard InChI is InChI=1S/C22H34N4O3S/c1-15-16(2)30-22-20(15)21(28)23-19(24-22)14-26(17-6-4-3-5-7-17)13-18(27)12-25-8-10-29-11-9-25/h17-18,27H,3-14H2,1-2H3,(H,23,24,28). The first-order chi connectivity index (χ1) is 14.5. The highest BCUT2D eigenvalue weighted by Crippen LogP contribution is 2.27. The second kappa shape index (κ2) is 9.87. The van der Waals surface area contributed by atoms with Crippen LogP contribution in [0.4, 0.5) is 0 Å². The summed E-state index contributed by atoms with van der Waals surface area (Å²) in [6.45, 7) is 9.11. The van der Waals surface area contributed by atoms with Crippen molar-refractivity contribution in [3.8, 4) is 0 Å². The van der Waals surface area contributed by atoms with Crippen LogP contribution >= 0.6 is 11.3 Å². The molecular formula is C22H34N4O3S. The summed E-state index contributed by atoms with van der Waals surface area (Å²) in [5.41, 5.74) is 0.981. The number of morpholine rings is 1. The van der Waals surface area contributed by atoms with Crippen molar-refractivity contribution in [2.24, 2.45) is 0 Å². The van der Waals surface area contributed by atoms with Crippen molar-refractivity contribution in [2.75, 3.05) is 39.4 Å². The summed E-state index contributed by atoms with van der Waals surface area (Å²) in [6, 6.07) is 0.436. The number of aliphatic hydroxyl groups is 1. The Hall–Kier alpha value is -1.32. The van der Waals surface area contributed by atoms with Crippen LogP contribution in [0.3, 0.4) is 0 Å². The first kappa shape index (κ1) is 21.9. The molecule has 2 aromatic heterocycles. The Bertz CT molecular complexity index is 900. The van der Waals surface area contributed by atoms with Gasteiger partial charge in [0, 0.05) is 37.1 Å². The molecule has 1 saturated heterocycles. The fourth-order valence-corrected chi connectivity index (χ4v) is 5.81. The molecule has 0 spiro atoms. The summed E-state index contributed by atoms with van der Waals surface area (Å²) in [5.74, 6) is 0.706. The van der Waals surface area contributed by atoms with Gasteiger partial charge in [-0.2, -0.15) is 0 Å². The quantitative estimate of drug-likeness (QED) is 0.697. The predicted molar refractivity (Wildman–Crippen MR) is 120 cm³/mol. The van der Waals surface area contributed by atoms with Gasteiger partial charge in [-0.15, -0.1) is 11.3 Å². The molecule has 166 valence electrons. The van der Waals surface area contributed by atoms with E-state index >= 15 is 0 Å². The lowest BCUT2D eigenvalue weighted by atomic mass is 9.94. The van der Waals surface area contributed by atoms with Gasteiger partial charge in [-0.3, -0.25) is 14.6 Å². The molecule has 0 radical (unpaired) electrons. The molecule has 2 aromatic rings. The van der Waals surface area contributed by atoms with Gasteiger partial charge in [0.2, 0.25) is 0 Å². The maximum atomic E-state index is 12.7. The van der Waals surface area contributed by atoms with E-state index < -0.39 is 6.10 Å². The SMILES string of the molecule is Cc1sc2nc(CN(CC(O)CN3CCOCC3)C3CCCCC3)[nH]c(=O)c2c1C. The van der Waals surface area contributed by atoms with Gasteiger partial charge in [0.1, 0.15) is 10.7 Å². The van der Waals surface area contributed by atoms with Gasteiger partial charge in [-0.05, 0) is 32.3 Å². The molecule has 1 saturated carbocycles. The number of aliphatic hydroxyl groups excluding tert-OH is 1. The zero-order valence-electron chi connectivity index (χ0n) is 18.2. The van der Waals surface area contributed by atoms with Crippen LogP contribution in [0.25, 0.3) is 10.2 Å². The van der Waals surface area contributed by atoms with Gasteiger partial charge in [0.25, 0.3) is 5.56 Å². The van der Waals surface area contributed by atoms with Crippen molar-refractivity contribution < 1.29 is 9.84 Å². The minimum atomic E-state index is -0.424. The highest BCUT2D eigenvalue weighted by Gasteiger charge is 2.26. The third kappa shape index (κ3) is 5.11. The Morgan fingerprint density at radius 2 is 2.00 bits per heavy atom. The Kier molecular flexibility index (Phi) is 7.20. The largest absolute Gasteiger partial charge is 0.390 e. The molecule has 3 heterocycles. The lowest BCUT2D eigenvalue weighted by Gasteiger charge is -2.36. The Morgan fingerprint density at radius 3 is 2.73 bits per heavy atom. The molecule has 1 aliphatic heterocycles. The van der Waals surface area contributed by atoms with Crippen molar-refractivity contribution in [1.82, 2.24) is 19.8 Å². The summed E-state index contributed by atoms with van der Waals surface area (Å²) in [6.07, 6.45) is 5.61. The first-order valence-corrected chi connectivity index (χ1v) is 12.0. The number of aromatic nitrogens is 2. The van der Waals surface area contributed by atoms with Crippen molar-refractivity contribution in [3.63, 3.8) is 0 Å². The molecule has 1 unspecified atom stereocenters. The summed E-state index contributed by atoms with van der Waals surface area (Å²) in [4.78, 5) is 27.1. The number of nitrogens with zero attached hydrogens (tertiary/aromatic N) is 3. The maximum Gasteiger partial charge on any atom is 0.259 e. The fourth-order valence-electron chi connectivity index (χ4n) is 4.77. The zero-order chi connectivity index (χ0) is 21.1. The number of β-amino-alcohol motifs (C(OH)–C–C–N with tert-alkyl or cyclic N) is 1. The molecule has 2 aliphatic rings. The summed E-state index contributed by atoms with van der Waals surface area (Å²) in [5, 5.41) is 11.6. The number of fused-ring (bicyclic) bond motifs is 1. The first-order valence-electron chi connectivity index (χ1n) is 11.2. The number of ether oxygens (including phenoxy) is 1. The van der Waals surface area contributed by atoms with E-state index in [1.54, 1.807) is 11.3 Å². The average molecular weight is 435 g/mol. The average Bonchev–Trinajstić information content (AvgIpc) is 3.03. The predicted octanol–water partition coefficient (Wildman–Crippen LogP) is 2.43. The molecule has 0 amide bonds. The van der Waals surface area contributed by atoms with Crippen LogP contribution in [0.5, 0.6) is 0 Å². The number of thiophene rings is 1. The number of nitrogens with one attached hydrogen (secondary N) is 1. The molecule has 0 aromatic carbocycles. The molecule has 8 heteroatoms. The summed E-state index contributed by atoms with van der Waals surface area (Å²) < 4.78 is 5.42. The van der Waals surface area contributed by atoms with Gasteiger partial charge in [0.15, 0.2) is 0 Å². The summed E-state index contributed by atoms with van der Waals surface area (Å²) in [7, 11) is 0. The van der Waals surface area contributed by atoms with E-state index in [0.29, 0.717) is 31.5 Å². The van der Waals surface area contributed by atoms with Crippen LogP contribution in [0.2, 0.25) is 0 Å². The molecule has 4 rings (SSSR count). The smallest absolute Gasteiger partial charge is 0.259 e. The van der Waals surface area contributed by atoms with Crippen LogP contribution in [-0.2, 0) is 11.3 Å². The fraction of sp³-hybridized carbons (Fsp3) is 0.727. The lowest BCUT2D eigenvalue weighted by Crippen LogP contribution is -2.47. The molecule has 2 N–H and O–H groups in total. The molecule has 0 bridgehead atoms. The van der Waals surface area contributed by atoms with Crippen LogP contribution in [0.15, 0.2) is 4.79 Å². The molecule has 2 fully saturated rings. The second-order valence-corrected chi connectivity index (χ2v) is 9.97. The number of hydrogen-bond acceptors (Lipinski definition) is 7. The van der Waals surface area contributed by atoms with E-state index in [1.807, 2.05) is 13.8 Å². The van der Waals surface area contributed by atoms with Crippen molar-refractivity contribution >= 4 is 21.6 Å². The van der Waals surface area contributed by atoms with Crippen LogP contribution in [0, 0.1) is 13.8 Å². The Morgan fingerprint density at radius 1 is 1.27 bits per heavy atom. The molecule has 7 nitrogen and oxygen atoms in total. The van der Waals surface area contributed by atoms with E-state index in [9.17, 15) is 9.90 Å². The van der Waals surface area contributed by atoms with Gasteiger partial charge < -0.3 is 14.8 Å². The third-order valence-electron chi connectivity index (χ3n) is 6.55. The van der Waals surface area contributed by atoms with Crippen LogP contribution < -0.4 is 5.56 Å². The van der Waals surface area contributed by atoms with Crippen LogP contribution in [0.1, 0.15) is 48.4 Å². The van der Waals surface area contributed by atoms with Crippen LogP contribution in [-0.4, -0.2) is 76.4 Å². The molecule has 1 aliphatic carbocycles. The number of aryl methyl sites for hydroxylation is 2. The molecule has 30 heavy (non-hydrogen) atoms. The lowest BCUT2D eigenvalue weighted by molar-refractivity contribution is -0.000663. The minimum Gasteiger partial charge on any atom is -0.390 e. The van der Waals surface area contributed by atoms with Gasteiger partial charge in [-0.25, -0.2) is 4.98 Å². The summed E-state index contributed by atoms with van der Waals surface area (Å²) >= 11 is 1.59. The van der Waals surface area contributed by atoms with E-state index in [2.05, 4.69) is 14.8 Å². The number of rotatable bonds is 7. The Labute approximate surface area is 182 Å². The monoisotopic (exact) mass is 434 g/mol. The van der Waals surface area contributed by atoms with E-state index in [-0.39, 0.29) is 5.56 Å². The highest BCUT2D eigenvalue weighted by atomic mass is 32.1. The van der Waals surface area contributed by atoms with E-state index in [1.165, 1.54) is 19.3 Å². The topological polar surface area (TPSA) is 81.7 Å². The normalized spacial score (nSPS) is 20.3. The van der Waals surface area contributed by atoms with Crippen molar-refractivity contribution in [2.45, 2.75) is 64.6 Å². The molecular weight excluding hydrogens is 400 g/mol. The van der Waals surface area contributed by atoms with E-state index in [4.69, 9.17) is 9.72 Å².